The molecule has 0 saturated heterocycles. The summed E-state index contributed by atoms with van der Waals surface area (Å²) >= 11 is 0. The Labute approximate surface area is 130 Å². The summed E-state index contributed by atoms with van der Waals surface area (Å²) in [6.07, 6.45) is 0. The molecule has 0 aliphatic rings. The lowest BCUT2D eigenvalue weighted by Gasteiger charge is -2.19. The lowest BCUT2D eigenvalue weighted by atomic mass is 9.87. The zero-order chi connectivity index (χ0) is 15.7. The Morgan fingerprint density at radius 3 is 2.14 bits per heavy atom. The van der Waals surface area contributed by atoms with Crippen molar-refractivity contribution >= 4 is 5.82 Å². The fourth-order valence-electron chi connectivity index (χ4n) is 2.38. The number of aromatic nitrogens is 3. The molecule has 0 unspecified atom stereocenters. The van der Waals surface area contributed by atoms with Gasteiger partial charge in [0.15, 0.2) is 5.82 Å². The van der Waals surface area contributed by atoms with E-state index in [0.717, 1.165) is 11.3 Å². The lowest BCUT2D eigenvalue weighted by molar-refractivity contribution is 0.590. The van der Waals surface area contributed by atoms with Crippen LogP contribution >= 0.6 is 0 Å². The first-order valence-electron chi connectivity index (χ1n) is 7.34. The predicted octanol–water partition coefficient (Wildman–Crippen LogP) is 3.81. The van der Waals surface area contributed by atoms with Crippen LogP contribution in [-0.4, -0.2) is 15.0 Å². The second-order valence-corrected chi connectivity index (χ2v) is 6.40. The molecule has 4 nitrogen and oxygen atoms in total. The first-order chi connectivity index (χ1) is 10.5. The van der Waals surface area contributed by atoms with Crippen LogP contribution in [0.15, 0.2) is 54.6 Å². The number of hydrogen-bond donors (Lipinski definition) is 1. The Morgan fingerprint density at radius 1 is 0.909 bits per heavy atom. The minimum atomic E-state index is 0.127. The normalized spacial score (nSPS) is 11.6. The molecule has 0 fully saturated rings. The van der Waals surface area contributed by atoms with Gasteiger partial charge in [0.2, 0.25) is 0 Å². The van der Waals surface area contributed by atoms with Crippen molar-refractivity contribution in [2.45, 2.75) is 26.2 Å². The van der Waals surface area contributed by atoms with Crippen LogP contribution in [0.2, 0.25) is 0 Å². The molecule has 0 saturated carbocycles. The topological polar surface area (TPSA) is 56.7 Å². The summed E-state index contributed by atoms with van der Waals surface area (Å²) in [4.78, 5) is 0. The molecule has 22 heavy (non-hydrogen) atoms. The molecule has 2 N–H and O–H groups in total. The van der Waals surface area contributed by atoms with Gasteiger partial charge in [-0.2, -0.15) is 4.68 Å². The first kappa shape index (κ1) is 14.3. The molecule has 0 atom stereocenters. The van der Waals surface area contributed by atoms with E-state index in [1.807, 2.05) is 42.5 Å². The van der Waals surface area contributed by atoms with Crippen LogP contribution in [0, 0.1) is 0 Å². The number of anilines is 1. The standard InChI is InChI=1S/C18H20N4/c1-18(2,3)14-9-11-15(12-10-14)22-17(19)16(20-21-22)13-7-5-4-6-8-13/h4-12H,19H2,1-3H3. The summed E-state index contributed by atoms with van der Waals surface area (Å²) < 4.78 is 1.68. The third-order valence-corrected chi connectivity index (χ3v) is 3.73. The van der Waals surface area contributed by atoms with E-state index in [1.54, 1.807) is 4.68 Å². The van der Waals surface area contributed by atoms with Crippen molar-refractivity contribution in [2.24, 2.45) is 0 Å². The quantitative estimate of drug-likeness (QED) is 0.781. The van der Waals surface area contributed by atoms with Gasteiger partial charge in [0.1, 0.15) is 5.69 Å². The molecule has 0 amide bonds. The van der Waals surface area contributed by atoms with Gasteiger partial charge in [-0.15, -0.1) is 5.10 Å². The zero-order valence-corrected chi connectivity index (χ0v) is 13.1. The van der Waals surface area contributed by atoms with E-state index in [1.165, 1.54) is 5.56 Å². The minimum absolute atomic E-state index is 0.127. The van der Waals surface area contributed by atoms with Crippen molar-refractivity contribution in [3.63, 3.8) is 0 Å². The second kappa shape index (κ2) is 5.30. The Morgan fingerprint density at radius 2 is 1.55 bits per heavy atom. The van der Waals surface area contributed by atoms with Crippen molar-refractivity contribution in [1.29, 1.82) is 0 Å². The minimum Gasteiger partial charge on any atom is -0.382 e. The number of hydrogen-bond acceptors (Lipinski definition) is 3. The van der Waals surface area contributed by atoms with Crippen LogP contribution in [0.1, 0.15) is 26.3 Å². The van der Waals surface area contributed by atoms with Crippen molar-refractivity contribution in [3.8, 4) is 16.9 Å². The van der Waals surface area contributed by atoms with Gasteiger partial charge in [0, 0.05) is 5.56 Å². The maximum atomic E-state index is 6.23. The van der Waals surface area contributed by atoms with Crippen molar-refractivity contribution in [1.82, 2.24) is 15.0 Å². The number of nitrogens with two attached hydrogens (primary N) is 1. The highest BCUT2D eigenvalue weighted by Gasteiger charge is 2.15. The summed E-state index contributed by atoms with van der Waals surface area (Å²) in [7, 11) is 0. The van der Waals surface area contributed by atoms with E-state index in [4.69, 9.17) is 5.73 Å². The second-order valence-electron chi connectivity index (χ2n) is 6.40. The van der Waals surface area contributed by atoms with Crippen molar-refractivity contribution in [3.05, 3.63) is 60.2 Å². The smallest absolute Gasteiger partial charge is 0.155 e. The van der Waals surface area contributed by atoms with Gasteiger partial charge >= 0.3 is 0 Å². The van der Waals surface area contributed by atoms with Crippen molar-refractivity contribution < 1.29 is 0 Å². The Bertz CT molecular complexity index is 765. The van der Waals surface area contributed by atoms with Gasteiger partial charge in [0.05, 0.1) is 5.69 Å². The molecule has 4 heteroatoms. The van der Waals surface area contributed by atoms with E-state index < -0.39 is 0 Å². The fourth-order valence-corrected chi connectivity index (χ4v) is 2.38. The highest BCUT2D eigenvalue weighted by atomic mass is 15.5. The molecule has 1 aromatic heterocycles. The van der Waals surface area contributed by atoms with Crippen LogP contribution in [0.25, 0.3) is 16.9 Å². The maximum Gasteiger partial charge on any atom is 0.155 e. The average Bonchev–Trinajstić information content (AvgIpc) is 2.89. The van der Waals surface area contributed by atoms with Crippen LogP contribution < -0.4 is 5.73 Å². The van der Waals surface area contributed by atoms with Gasteiger partial charge < -0.3 is 5.73 Å². The number of rotatable bonds is 2. The van der Waals surface area contributed by atoms with Crippen LogP contribution in [0.3, 0.4) is 0 Å². The van der Waals surface area contributed by atoms with E-state index in [2.05, 4.69) is 43.2 Å². The van der Waals surface area contributed by atoms with Gasteiger partial charge in [0.25, 0.3) is 0 Å². The molecular formula is C18H20N4. The highest BCUT2D eigenvalue weighted by molar-refractivity contribution is 5.70. The third kappa shape index (κ3) is 2.60. The molecule has 0 bridgehead atoms. The average molecular weight is 292 g/mol. The molecule has 0 spiro atoms. The van der Waals surface area contributed by atoms with Crippen molar-refractivity contribution in [2.75, 3.05) is 5.73 Å². The Hall–Kier alpha value is -2.62. The molecule has 0 radical (unpaired) electrons. The summed E-state index contributed by atoms with van der Waals surface area (Å²) in [6.45, 7) is 6.58. The molecule has 0 aliphatic carbocycles. The summed E-state index contributed by atoms with van der Waals surface area (Å²) in [5, 5.41) is 8.42. The van der Waals surface area contributed by atoms with Gasteiger partial charge in [-0.25, -0.2) is 0 Å². The van der Waals surface area contributed by atoms with Crippen LogP contribution in [-0.2, 0) is 5.41 Å². The molecule has 2 aromatic carbocycles. The Kier molecular flexibility index (Phi) is 3.45. The first-order valence-corrected chi connectivity index (χ1v) is 7.34. The fraction of sp³-hybridized carbons (Fsp3) is 0.222. The predicted molar refractivity (Wildman–Crippen MR) is 89.9 cm³/mol. The lowest BCUT2D eigenvalue weighted by Crippen LogP contribution is -2.11. The highest BCUT2D eigenvalue weighted by Crippen LogP contribution is 2.27. The monoisotopic (exact) mass is 292 g/mol. The van der Waals surface area contributed by atoms with E-state index in [-0.39, 0.29) is 5.41 Å². The zero-order valence-electron chi connectivity index (χ0n) is 13.1. The van der Waals surface area contributed by atoms with E-state index >= 15 is 0 Å². The van der Waals surface area contributed by atoms with Gasteiger partial charge in [-0.05, 0) is 23.1 Å². The third-order valence-electron chi connectivity index (χ3n) is 3.73. The summed E-state index contributed by atoms with van der Waals surface area (Å²) in [5.41, 5.74) is 10.2. The SMILES string of the molecule is CC(C)(C)c1ccc(-n2nnc(-c3ccccc3)c2N)cc1. The number of nitrogens with zero attached hydrogens (tertiary/aromatic N) is 3. The van der Waals surface area contributed by atoms with Gasteiger partial charge in [-0.1, -0.05) is 68.4 Å². The maximum absolute atomic E-state index is 6.23. The van der Waals surface area contributed by atoms with E-state index in [9.17, 15) is 0 Å². The van der Waals surface area contributed by atoms with Crippen LogP contribution in [0.4, 0.5) is 5.82 Å². The number of nitrogen functional groups attached to an aromatic ring is 1. The molecule has 1 heterocycles. The molecule has 0 aliphatic heterocycles. The summed E-state index contributed by atoms with van der Waals surface area (Å²) in [5.74, 6) is 0.551. The molecule has 3 rings (SSSR count). The largest absolute Gasteiger partial charge is 0.382 e. The number of benzene rings is 2. The Balaban J connectivity index is 1.98. The van der Waals surface area contributed by atoms with Crippen LogP contribution in [0.5, 0.6) is 0 Å². The van der Waals surface area contributed by atoms with E-state index in [0.29, 0.717) is 11.5 Å². The van der Waals surface area contributed by atoms with Gasteiger partial charge in [-0.3, -0.25) is 0 Å². The molecular weight excluding hydrogens is 272 g/mol. The molecule has 3 aromatic rings. The summed E-state index contributed by atoms with van der Waals surface area (Å²) in [6, 6.07) is 18.1. The molecule has 112 valence electrons.